The highest BCUT2D eigenvalue weighted by atomic mass is 16.2. The van der Waals surface area contributed by atoms with Crippen LogP contribution in [0.5, 0.6) is 0 Å². The number of pyridine rings is 2. The Hall–Kier alpha value is -3.67. The first-order valence-electron chi connectivity index (χ1n) is 8.10. The molecule has 26 heavy (non-hydrogen) atoms. The lowest BCUT2D eigenvalue weighted by Gasteiger charge is -2.07. The minimum absolute atomic E-state index is 0.0442. The van der Waals surface area contributed by atoms with E-state index < -0.39 is 11.5 Å². The molecule has 4 N–H and O–H groups in total. The third-order valence-corrected chi connectivity index (χ3v) is 4.43. The van der Waals surface area contributed by atoms with Gasteiger partial charge in [0.15, 0.2) is 0 Å². The molecule has 0 bridgehead atoms. The number of nitrogens with one attached hydrogen (secondary N) is 2. The van der Waals surface area contributed by atoms with Crippen LogP contribution in [-0.4, -0.2) is 20.9 Å². The minimum Gasteiger partial charge on any atom is -0.365 e. The van der Waals surface area contributed by atoms with E-state index in [4.69, 9.17) is 5.73 Å². The number of nitrogens with zero attached hydrogens (tertiary/aromatic N) is 1. The summed E-state index contributed by atoms with van der Waals surface area (Å²) < 4.78 is 0. The maximum atomic E-state index is 11.9. The Bertz CT molecular complexity index is 1190. The summed E-state index contributed by atoms with van der Waals surface area (Å²) >= 11 is 0. The van der Waals surface area contributed by atoms with Gasteiger partial charge in [0.1, 0.15) is 5.56 Å². The fraction of sp³-hybridized carbons (Fsp3) is 0.0500. The molecule has 6 nitrogen and oxygen atoms in total. The second-order valence-corrected chi connectivity index (χ2v) is 6.14. The van der Waals surface area contributed by atoms with Crippen molar-refractivity contribution in [3.8, 4) is 22.4 Å². The topological polar surface area (TPSA) is 105 Å². The van der Waals surface area contributed by atoms with Crippen LogP contribution in [0.2, 0.25) is 0 Å². The number of amides is 1. The van der Waals surface area contributed by atoms with E-state index in [-0.39, 0.29) is 5.56 Å². The average molecular weight is 344 g/mol. The van der Waals surface area contributed by atoms with Crippen molar-refractivity contribution >= 4 is 16.8 Å². The number of carbonyl (C=O) groups is 1. The number of aromatic amines is 2. The zero-order valence-corrected chi connectivity index (χ0v) is 14.0. The van der Waals surface area contributed by atoms with E-state index >= 15 is 0 Å². The van der Waals surface area contributed by atoms with Crippen molar-refractivity contribution in [3.63, 3.8) is 0 Å². The summed E-state index contributed by atoms with van der Waals surface area (Å²) in [6, 6.07) is 13.4. The standard InChI is InChI=1S/C20H16N4O2/c1-11-15(10-16(19(21)25)20(26)23-11)13-2-3-17-14(8-13)9-18(24-17)12-4-6-22-7-5-12/h2-10,24H,1H3,(H2,21,25)(H,23,26). The summed E-state index contributed by atoms with van der Waals surface area (Å²) in [5.41, 5.74) is 10.2. The normalized spacial score (nSPS) is 11.0. The molecule has 0 aliphatic heterocycles. The maximum Gasteiger partial charge on any atom is 0.261 e. The van der Waals surface area contributed by atoms with Gasteiger partial charge in [0.05, 0.1) is 0 Å². The third kappa shape index (κ3) is 2.67. The van der Waals surface area contributed by atoms with Gasteiger partial charge >= 0.3 is 0 Å². The number of H-pyrrole nitrogens is 2. The van der Waals surface area contributed by atoms with Crippen molar-refractivity contribution in [1.82, 2.24) is 15.0 Å². The molecule has 0 saturated carbocycles. The SMILES string of the molecule is Cc1[nH]c(=O)c(C(N)=O)cc1-c1ccc2[nH]c(-c3ccncc3)cc2c1. The van der Waals surface area contributed by atoms with Crippen LogP contribution in [0.25, 0.3) is 33.3 Å². The van der Waals surface area contributed by atoms with Gasteiger partial charge in [-0.2, -0.15) is 0 Å². The molecule has 128 valence electrons. The molecule has 0 atom stereocenters. The predicted molar refractivity (Wildman–Crippen MR) is 101 cm³/mol. The Morgan fingerprint density at radius 3 is 2.50 bits per heavy atom. The van der Waals surface area contributed by atoms with Crippen LogP contribution in [0.3, 0.4) is 0 Å². The van der Waals surface area contributed by atoms with Crippen LogP contribution in [-0.2, 0) is 0 Å². The van der Waals surface area contributed by atoms with Crippen LogP contribution < -0.4 is 11.3 Å². The van der Waals surface area contributed by atoms with Gasteiger partial charge in [0.2, 0.25) is 0 Å². The molecule has 0 radical (unpaired) electrons. The third-order valence-electron chi connectivity index (χ3n) is 4.43. The van der Waals surface area contributed by atoms with E-state index in [0.717, 1.165) is 33.3 Å². The van der Waals surface area contributed by atoms with Gasteiger partial charge in [-0.15, -0.1) is 0 Å². The van der Waals surface area contributed by atoms with Gasteiger partial charge in [-0.05, 0) is 48.9 Å². The molecule has 4 rings (SSSR count). The second-order valence-electron chi connectivity index (χ2n) is 6.14. The lowest BCUT2D eigenvalue weighted by Crippen LogP contribution is -2.24. The van der Waals surface area contributed by atoms with Gasteiger partial charge in [-0.1, -0.05) is 6.07 Å². The molecule has 0 aliphatic rings. The number of nitrogens with two attached hydrogens (primary N) is 1. The highest BCUT2D eigenvalue weighted by Gasteiger charge is 2.13. The molecule has 4 aromatic rings. The maximum absolute atomic E-state index is 11.9. The zero-order chi connectivity index (χ0) is 18.3. The molecule has 1 amide bonds. The number of aromatic nitrogens is 3. The van der Waals surface area contributed by atoms with Gasteiger partial charge in [-0.3, -0.25) is 14.6 Å². The Balaban J connectivity index is 1.85. The summed E-state index contributed by atoms with van der Waals surface area (Å²) in [6.45, 7) is 1.80. The van der Waals surface area contributed by atoms with Gasteiger partial charge in [0, 0.05) is 45.8 Å². The molecule has 3 aromatic heterocycles. The first kappa shape index (κ1) is 15.8. The van der Waals surface area contributed by atoms with E-state index in [2.05, 4.69) is 21.0 Å². The van der Waals surface area contributed by atoms with Crippen LogP contribution in [0.4, 0.5) is 0 Å². The molecule has 0 saturated heterocycles. The van der Waals surface area contributed by atoms with Crippen molar-refractivity contribution < 1.29 is 4.79 Å². The summed E-state index contributed by atoms with van der Waals surface area (Å²) in [6.07, 6.45) is 3.50. The van der Waals surface area contributed by atoms with Gasteiger partial charge in [-0.25, -0.2) is 0 Å². The monoisotopic (exact) mass is 344 g/mol. The number of rotatable bonds is 3. The molecule has 0 aliphatic carbocycles. The summed E-state index contributed by atoms with van der Waals surface area (Å²) in [7, 11) is 0. The Morgan fingerprint density at radius 2 is 1.77 bits per heavy atom. The van der Waals surface area contributed by atoms with E-state index in [1.165, 1.54) is 0 Å². The van der Waals surface area contributed by atoms with Crippen molar-refractivity contribution in [2.45, 2.75) is 6.92 Å². The fourth-order valence-electron chi connectivity index (χ4n) is 3.09. The van der Waals surface area contributed by atoms with Crippen LogP contribution >= 0.6 is 0 Å². The average Bonchev–Trinajstić information content (AvgIpc) is 3.05. The lowest BCUT2D eigenvalue weighted by molar-refractivity contribution is 0.0999. The van der Waals surface area contributed by atoms with E-state index in [9.17, 15) is 9.59 Å². The summed E-state index contributed by atoms with van der Waals surface area (Å²) in [4.78, 5) is 33.5. The number of aryl methyl sites for hydroxylation is 1. The van der Waals surface area contributed by atoms with E-state index in [0.29, 0.717) is 5.69 Å². The fourth-order valence-corrected chi connectivity index (χ4v) is 3.09. The first-order chi connectivity index (χ1) is 12.5. The van der Waals surface area contributed by atoms with Gasteiger partial charge in [0.25, 0.3) is 11.5 Å². The van der Waals surface area contributed by atoms with Crippen LogP contribution in [0, 0.1) is 6.92 Å². The Morgan fingerprint density at radius 1 is 1.00 bits per heavy atom. The Kier molecular flexibility index (Phi) is 3.65. The number of fused-ring (bicyclic) bond motifs is 1. The number of hydrogen-bond donors (Lipinski definition) is 3. The number of carbonyl (C=O) groups excluding carboxylic acids is 1. The molecular formula is C20H16N4O2. The first-order valence-corrected chi connectivity index (χ1v) is 8.10. The summed E-state index contributed by atoms with van der Waals surface area (Å²) in [5, 5.41) is 1.03. The lowest BCUT2D eigenvalue weighted by atomic mass is 10.0. The smallest absolute Gasteiger partial charge is 0.261 e. The molecule has 0 unspecified atom stereocenters. The van der Waals surface area contributed by atoms with E-state index in [1.54, 1.807) is 25.4 Å². The Labute approximate surface area is 148 Å². The molecule has 0 spiro atoms. The summed E-state index contributed by atoms with van der Waals surface area (Å²) in [5.74, 6) is -0.741. The second kappa shape index (κ2) is 6.00. The largest absolute Gasteiger partial charge is 0.365 e. The highest BCUT2D eigenvalue weighted by Crippen LogP contribution is 2.29. The number of primary amides is 1. The molecule has 6 heteroatoms. The number of hydrogen-bond acceptors (Lipinski definition) is 3. The molecule has 3 heterocycles. The highest BCUT2D eigenvalue weighted by molar-refractivity contribution is 5.95. The van der Waals surface area contributed by atoms with E-state index in [1.807, 2.05) is 30.3 Å². The van der Waals surface area contributed by atoms with Crippen molar-refractivity contribution in [1.29, 1.82) is 0 Å². The van der Waals surface area contributed by atoms with Crippen LogP contribution in [0.1, 0.15) is 16.1 Å². The minimum atomic E-state index is -0.741. The molecule has 0 fully saturated rings. The van der Waals surface area contributed by atoms with Crippen LogP contribution in [0.15, 0.2) is 59.7 Å². The van der Waals surface area contributed by atoms with Gasteiger partial charge < -0.3 is 15.7 Å². The number of benzene rings is 1. The van der Waals surface area contributed by atoms with Crippen molar-refractivity contribution in [2.75, 3.05) is 0 Å². The zero-order valence-electron chi connectivity index (χ0n) is 14.0. The predicted octanol–water partition coefficient (Wildman–Crippen LogP) is 2.99. The van der Waals surface area contributed by atoms with Crippen molar-refractivity contribution in [3.05, 3.63) is 76.5 Å². The van der Waals surface area contributed by atoms with Crippen molar-refractivity contribution in [2.24, 2.45) is 5.73 Å². The quantitative estimate of drug-likeness (QED) is 0.532. The molecular weight excluding hydrogens is 328 g/mol. The molecule has 1 aromatic carbocycles.